The van der Waals surface area contributed by atoms with Crippen LogP contribution in [-0.4, -0.2) is 24.0 Å². The summed E-state index contributed by atoms with van der Waals surface area (Å²) in [6, 6.07) is 3.16. The summed E-state index contributed by atoms with van der Waals surface area (Å²) in [5.74, 6) is 0.725. The van der Waals surface area contributed by atoms with Gasteiger partial charge in [0.2, 0.25) is 0 Å². The molecule has 0 bridgehead atoms. The quantitative estimate of drug-likeness (QED) is 0.895. The maximum Gasteiger partial charge on any atom is 0.0415 e. The summed E-state index contributed by atoms with van der Waals surface area (Å²) in [5, 5.41) is 2.20. The van der Waals surface area contributed by atoms with Crippen molar-refractivity contribution in [2.75, 3.05) is 13.1 Å². The van der Waals surface area contributed by atoms with Crippen LogP contribution in [0.15, 0.2) is 11.4 Å². The zero-order chi connectivity index (χ0) is 12.4. The third-order valence-corrected chi connectivity index (χ3v) is 5.34. The summed E-state index contributed by atoms with van der Waals surface area (Å²) in [6.07, 6.45) is 2.51. The number of likely N-dealkylation sites (tertiary alicyclic amines) is 1. The van der Waals surface area contributed by atoms with Crippen LogP contribution in [0.1, 0.15) is 43.2 Å². The second-order valence-electron chi connectivity index (χ2n) is 5.38. The number of rotatable bonds is 3. The van der Waals surface area contributed by atoms with Crippen molar-refractivity contribution >= 4 is 11.3 Å². The van der Waals surface area contributed by atoms with Gasteiger partial charge in [0.15, 0.2) is 0 Å². The maximum atomic E-state index is 5.99. The predicted octanol–water partition coefficient (Wildman–Crippen LogP) is 3.18. The van der Waals surface area contributed by atoms with Gasteiger partial charge in [0.05, 0.1) is 0 Å². The first-order chi connectivity index (χ1) is 8.09. The molecule has 2 unspecified atom stereocenters. The van der Waals surface area contributed by atoms with Crippen molar-refractivity contribution in [1.82, 2.24) is 4.90 Å². The van der Waals surface area contributed by atoms with E-state index in [4.69, 9.17) is 5.73 Å². The van der Waals surface area contributed by atoms with Crippen LogP contribution in [0.2, 0.25) is 0 Å². The summed E-state index contributed by atoms with van der Waals surface area (Å²) >= 11 is 1.89. The molecule has 2 heterocycles. The van der Waals surface area contributed by atoms with E-state index in [2.05, 4.69) is 37.1 Å². The Bertz CT molecular complexity index is 351. The van der Waals surface area contributed by atoms with Gasteiger partial charge in [-0.25, -0.2) is 0 Å². The van der Waals surface area contributed by atoms with Gasteiger partial charge in [0, 0.05) is 17.0 Å². The molecule has 2 N–H and O–H groups in total. The highest BCUT2D eigenvalue weighted by Crippen LogP contribution is 2.31. The van der Waals surface area contributed by atoms with Crippen LogP contribution in [-0.2, 0) is 0 Å². The van der Waals surface area contributed by atoms with E-state index in [1.807, 2.05) is 11.3 Å². The van der Waals surface area contributed by atoms with Crippen molar-refractivity contribution in [2.45, 2.75) is 45.7 Å². The van der Waals surface area contributed by atoms with Gasteiger partial charge in [-0.15, -0.1) is 11.3 Å². The number of piperidine rings is 1. The van der Waals surface area contributed by atoms with Crippen molar-refractivity contribution in [3.63, 3.8) is 0 Å². The second kappa shape index (κ2) is 5.51. The zero-order valence-electron chi connectivity index (χ0n) is 11.1. The lowest BCUT2D eigenvalue weighted by Crippen LogP contribution is -2.40. The summed E-state index contributed by atoms with van der Waals surface area (Å²) in [7, 11) is 0. The lowest BCUT2D eigenvalue weighted by atomic mass is 9.90. The summed E-state index contributed by atoms with van der Waals surface area (Å²) in [4.78, 5) is 4.14. The Balaban J connectivity index is 1.95. The van der Waals surface area contributed by atoms with E-state index in [1.165, 1.54) is 36.4 Å². The average molecular weight is 252 g/mol. The molecular formula is C14H24N2S. The van der Waals surface area contributed by atoms with E-state index in [0.29, 0.717) is 12.1 Å². The lowest BCUT2D eigenvalue weighted by molar-refractivity contribution is 0.134. The lowest BCUT2D eigenvalue weighted by Gasteiger charge is -2.37. The molecule has 1 aromatic rings. The highest BCUT2D eigenvalue weighted by atomic mass is 32.1. The number of nitrogens with two attached hydrogens (primary N) is 1. The van der Waals surface area contributed by atoms with Gasteiger partial charge < -0.3 is 5.73 Å². The number of aryl methyl sites for hydroxylation is 1. The normalized spacial score (nSPS) is 22.6. The van der Waals surface area contributed by atoms with E-state index in [0.717, 1.165) is 5.92 Å². The van der Waals surface area contributed by atoms with Gasteiger partial charge in [-0.3, -0.25) is 4.90 Å². The largest absolute Gasteiger partial charge is 0.328 e. The standard InChI is InChI=1S/C14H24N2S/c1-10-6-9-17-14(10)12(3)16-7-4-13(5-8-16)11(2)15/h6,9,11-13H,4-5,7-8,15H2,1-3H3. The third kappa shape index (κ3) is 2.90. The van der Waals surface area contributed by atoms with Crippen LogP contribution >= 0.6 is 11.3 Å². The fraction of sp³-hybridized carbons (Fsp3) is 0.714. The van der Waals surface area contributed by atoms with Crippen molar-refractivity contribution in [3.8, 4) is 0 Å². The summed E-state index contributed by atoms with van der Waals surface area (Å²) in [5.41, 5.74) is 7.43. The molecule has 17 heavy (non-hydrogen) atoms. The minimum absolute atomic E-state index is 0.357. The van der Waals surface area contributed by atoms with Crippen molar-refractivity contribution in [1.29, 1.82) is 0 Å². The molecule has 0 aliphatic carbocycles. The highest BCUT2D eigenvalue weighted by molar-refractivity contribution is 7.10. The molecular weight excluding hydrogens is 228 g/mol. The SMILES string of the molecule is Cc1ccsc1C(C)N1CCC(C(C)N)CC1. The minimum atomic E-state index is 0.357. The molecule has 0 amide bonds. The summed E-state index contributed by atoms with van der Waals surface area (Å²) in [6.45, 7) is 9.10. The van der Waals surface area contributed by atoms with Gasteiger partial charge in [0.1, 0.15) is 0 Å². The van der Waals surface area contributed by atoms with Gasteiger partial charge in [-0.05, 0) is 69.6 Å². The second-order valence-corrected chi connectivity index (χ2v) is 6.32. The molecule has 1 aliphatic rings. The van der Waals surface area contributed by atoms with E-state index in [-0.39, 0.29) is 0 Å². The monoisotopic (exact) mass is 252 g/mol. The molecule has 0 saturated carbocycles. The molecule has 0 spiro atoms. The van der Waals surface area contributed by atoms with Gasteiger partial charge in [-0.2, -0.15) is 0 Å². The van der Waals surface area contributed by atoms with Crippen LogP contribution in [0.3, 0.4) is 0 Å². The molecule has 2 nitrogen and oxygen atoms in total. The smallest absolute Gasteiger partial charge is 0.0415 e. The van der Waals surface area contributed by atoms with Crippen molar-refractivity contribution in [3.05, 3.63) is 21.9 Å². The molecule has 2 atom stereocenters. The third-order valence-electron chi connectivity index (χ3n) is 4.15. The Morgan fingerprint density at radius 1 is 1.35 bits per heavy atom. The fourth-order valence-corrected chi connectivity index (χ4v) is 3.83. The molecule has 0 radical (unpaired) electrons. The Labute approximate surface area is 109 Å². The van der Waals surface area contributed by atoms with Crippen molar-refractivity contribution in [2.24, 2.45) is 11.7 Å². The molecule has 0 aromatic carbocycles. The molecule has 1 fully saturated rings. The van der Waals surface area contributed by atoms with Crippen LogP contribution in [0.4, 0.5) is 0 Å². The van der Waals surface area contributed by atoms with Gasteiger partial charge >= 0.3 is 0 Å². The number of thiophene rings is 1. The van der Waals surface area contributed by atoms with Crippen LogP contribution in [0, 0.1) is 12.8 Å². The fourth-order valence-electron chi connectivity index (χ4n) is 2.81. The molecule has 1 aliphatic heterocycles. The Hall–Kier alpha value is -0.380. The predicted molar refractivity (Wildman–Crippen MR) is 75.4 cm³/mol. The Kier molecular flexibility index (Phi) is 4.23. The first kappa shape index (κ1) is 13.1. The molecule has 1 aromatic heterocycles. The topological polar surface area (TPSA) is 29.3 Å². The highest BCUT2D eigenvalue weighted by Gasteiger charge is 2.26. The van der Waals surface area contributed by atoms with E-state index in [1.54, 1.807) is 0 Å². The van der Waals surface area contributed by atoms with Crippen LogP contribution < -0.4 is 5.73 Å². The van der Waals surface area contributed by atoms with E-state index < -0.39 is 0 Å². The average Bonchev–Trinajstić information content (AvgIpc) is 2.74. The molecule has 1 saturated heterocycles. The summed E-state index contributed by atoms with van der Waals surface area (Å²) < 4.78 is 0. The number of hydrogen-bond donors (Lipinski definition) is 1. The Morgan fingerprint density at radius 3 is 2.47 bits per heavy atom. The number of nitrogens with zero attached hydrogens (tertiary/aromatic N) is 1. The van der Waals surface area contributed by atoms with Crippen molar-refractivity contribution < 1.29 is 0 Å². The number of hydrogen-bond acceptors (Lipinski definition) is 3. The van der Waals surface area contributed by atoms with Crippen LogP contribution in [0.5, 0.6) is 0 Å². The Morgan fingerprint density at radius 2 is 2.00 bits per heavy atom. The first-order valence-electron chi connectivity index (χ1n) is 6.63. The molecule has 96 valence electrons. The zero-order valence-corrected chi connectivity index (χ0v) is 12.0. The van der Waals surface area contributed by atoms with E-state index >= 15 is 0 Å². The molecule has 2 rings (SSSR count). The van der Waals surface area contributed by atoms with E-state index in [9.17, 15) is 0 Å². The molecule has 3 heteroatoms. The maximum absolute atomic E-state index is 5.99. The minimum Gasteiger partial charge on any atom is -0.328 e. The van der Waals surface area contributed by atoms with Gasteiger partial charge in [0.25, 0.3) is 0 Å². The van der Waals surface area contributed by atoms with Crippen LogP contribution in [0.25, 0.3) is 0 Å². The van der Waals surface area contributed by atoms with Gasteiger partial charge in [-0.1, -0.05) is 0 Å². The first-order valence-corrected chi connectivity index (χ1v) is 7.51.